The highest BCUT2D eigenvalue weighted by molar-refractivity contribution is 6.00. The predicted molar refractivity (Wildman–Crippen MR) is 83.7 cm³/mol. The number of hydrogen-bond acceptors (Lipinski definition) is 5. The van der Waals surface area contributed by atoms with Crippen molar-refractivity contribution in [1.82, 2.24) is 14.5 Å². The molecule has 0 aliphatic heterocycles. The summed E-state index contributed by atoms with van der Waals surface area (Å²) in [6.45, 7) is 1.31. The molecule has 0 amide bonds. The molecule has 0 bridgehead atoms. The van der Waals surface area contributed by atoms with Crippen molar-refractivity contribution in [1.29, 1.82) is 0 Å². The lowest BCUT2D eigenvalue weighted by Crippen LogP contribution is -2.04. The minimum absolute atomic E-state index is 0.475. The van der Waals surface area contributed by atoms with E-state index in [2.05, 4.69) is 9.97 Å². The molecule has 2 heterocycles. The number of fused-ring (bicyclic) bond motifs is 1. The van der Waals surface area contributed by atoms with E-state index in [1.54, 1.807) is 7.11 Å². The maximum absolute atomic E-state index is 6.05. The number of nitrogen functional groups attached to an aromatic ring is 2. The second kappa shape index (κ2) is 5.41. The van der Waals surface area contributed by atoms with Crippen LogP contribution in [0.15, 0.2) is 36.8 Å². The first-order chi connectivity index (χ1) is 10.2. The topological polar surface area (TPSA) is 92.0 Å². The van der Waals surface area contributed by atoms with Gasteiger partial charge >= 0.3 is 0 Å². The van der Waals surface area contributed by atoms with Crippen LogP contribution in [0.1, 0.15) is 0 Å². The molecule has 4 N–H and O–H groups in total. The third kappa shape index (κ3) is 2.41. The fourth-order valence-corrected chi connectivity index (χ4v) is 2.39. The van der Waals surface area contributed by atoms with Crippen LogP contribution in [0.5, 0.6) is 0 Å². The number of aromatic nitrogens is 3. The number of ether oxygens (including phenoxy) is 1. The average Bonchev–Trinajstić information content (AvgIpc) is 2.86. The van der Waals surface area contributed by atoms with Gasteiger partial charge in [-0.1, -0.05) is 12.1 Å². The summed E-state index contributed by atoms with van der Waals surface area (Å²) in [4.78, 5) is 8.45. The highest BCUT2D eigenvalue weighted by atomic mass is 16.5. The Morgan fingerprint density at radius 3 is 2.62 bits per heavy atom. The van der Waals surface area contributed by atoms with Crippen molar-refractivity contribution in [2.75, 3.05) is 25.2 Å². The Bertz CT molecular complexity index is 764. The molecule has 2 aromatic heterocycles. The average molecular weight is 283 g/mol. The van der Waals surface area contributed by atoms with Gasteiger partial charge in [0.25, 0.3) is 0 Å². The molecule has 3 rings (SSSR count). The van der Waals surface area contributed by atoms with Crippen LogP contribution in [0.4, 0.5) is 11.5 Å². The first-order valence-corrected chi connectivity index (χ1v) is 6.65. The lowest BCUT2D eigenvalue weighted by molar-refractivity contribution is 0.188. The normalized spacial score (nSPS) is 11.1. The second-order valence-electron chi connectivity index (χ2n) is 4.81. The van der Waals surface area contributed by atoms with E-state index in [4.69, 9.17) is 16.2 Å². The van der Waals surface area contributed by atoms with Gasteiger partial charge in [-0.15, -0.1) is 0 Å². The maximum atomic E-state index is 6.05. The molecular weight excluding hydrogens is 266 g/mol. The first kappa shape index (κ1) is 13.4. The third-order valence-electron chi connectivity index (χ3n) is 3.44. The maximum Gasteiger partial charge on any atom is 0.146 e. The molecule has 6 nitrogen and oxygen atoms in total. The van der Waals surface area contributed by atoms with Crippen LogP contribution < -0.4 is 11.5 Å². The summed E-state index contributed by atoms with van der Waals surface area (Å²) in [7, 11) is 1.68. The molecule has 6 heteroatoms. The fourth-order valence-electron chi connectivity index (χ4n) is 2.39. The molecule has 0 aliphatic carbocycles. The summed E-state index contributed by atoms with van der Waals surface area (Å²) in [5.74, 6) is 0.475. The van der Waals surface area contributed by atoms with E-state index in [1.807, 2.05) is 35.0 Å². The molecular formula is C15H17N5O. The molecule has 1 aromatic carbocycles. The van der Waals surface area contributed by atoms with Gasteiger partial charge in [-0.05, 0) is 17.7 Å². The lowest BCUT2D eigenvalue weighted by Gasteiger charge is -2.03. The standard InChI is InChI=1S/C15H17N5O/c1-21-7-6-20-8-12(10-2-4-11(16)5-3-10)13-14(17)18-9-19-15(13)20/h2-5,8-9H,6-7,16H2,1H3,(H2,17,18,19). The zero-order valence-electron chi connectivity index (χ0n) is 11.8. The van der Waals surface area contributed by atoms with Crippen molar-refractivity contribution in [3.8, 4) is 11.1 Å². The van der Waals surface area contributed by atoms with Crippen LogP contribution in [-0.2, 0) is 11.3 Å². The predicted octanol–water partition coefficient (Wildman–Crippen LogP) is 1.91. The van der Waals surface area contributed by atoms with Crippen LogP contribution in [0, 0.1) is 0 Å². The smallest absolute Gasteiger partial charge is 0.146 e. The summed E-state index contributed by atoms with van der Waals surface area (Å²) in [6.07, 6.45) is 3.51. The summed E-state index contributed by atoms with van der Waals surface area (Å²) >= 11 is 0. The molecule has 0 fully saturated rings. The van der Waals surface area contributed by atoms with Gasteiger partial charge in [-0.3, -0.25) is 0 Å². The van der Waals surface area contributed by atoms with E-state index in [0.29, 0.717) is 19.0 Å². The van der Waals surface area contributed by atoms with Gasteiger partial charge in [0.2, 0.25) is 0 Å². The van der Waals surface area contributed by atoms with E-state index >= 15 is 0 Å². The zero-order chi connectivity index (χ0) is 14.8. The number of anilines is 2. The van der Waals surface area contributed by atoms with E-state index in [0.717, 1.165) is 27.8 Å². The Morgan fingerprint density at radius 2 is 1.90 bits per heavy atom. The summed E-state index contributed by atoms with van der Waals surface area (Å²) < 4.78 is 7.17. The Hall–Kier alpha value is -2.60. The zero-order valence-corrected chi connectivity index (χ0v) is 11.8. The van der Waals surface area contributed by atoms with E-state index in [1.165, 1.54) is 6.33 Å². The number of nitrogens with two attached hydrogens (primary N) is 2. The third-order valence-corrected chi connectivity index (χ3v) is 3.44. The van der Waals surface area contributed by atoms with Gasteiger partial charge in [0, 0.05) is 31.1 Å². The summed E-state index contributed by atoms with van der Waals surface area (Å²) in [6, 6.07) is 7.68. The van der Waals surface area contributed by atoms with Gasteiger partial charge < -0.3 is 20.8 Å². The van der Waals surface area contributed by atoms with Crippen LogP contribution >= 0.6 is 0 Å². The molecule has 21 heavy (non-hydrogen) atoms. The highest BCUT2D eigenvalue weighted by Gasteiger charge is 2.14. The molecule has 0 radical (unpaired) electrons. The number of benzene rings is 1. The highest BCUT2D eigenvalue weighted by Crippen LogP contribution is 2.32. The molecule has 108 valence electrons. The monoisotopic (exact) mass is 283 g/mol. The van der Waals surface area contributed by atoms with Gasteiger partial charge in [0.15, 0.2) is 0 Å². The number of hydrogen-bond donors (Lipinski definition) is 2. The fraction of sp³-hybridized carbons (Fsp3) is 0.200. The van der Waals surface area contributed by atoms with Crippen molar-refractivity contribution < 1.29 is 4.74 Å². The second-order valence-corrected chi connectivity index (χ2v) is 4.81. The van der Waals surface area contributed by atoms with Gasteiger partial charge in [-0.25, -0.2) is 9.97 Å². The quantitative estimate of drug-likeness (QED) is 0.713. The molecule has 0 saturated carbocycles. The number of rotatable bonds is 4. The van der Waals surface area contributed by atoms with Gasteiger partial charge in [-0.2, -0.15) is 0 Å². The SMILES string of the molecule is COCCn1cc(-c2ccc(N)cc2)c2c(N)ncnc21. The molecule has 3 aromatic rings. The van der Waals surface area contributed by atoms with Crippen LogP contribution in [-0.4, -0.2) is 28.3 Å². The van der Waals surface area contributed by atoms with E-state index < -0.39 is 0 Å². The summed E-state index contributed by atoms with van der Waals surface area (Å²) in [5.41, 5.74) is 15.4. The molecule has 0 unspecified atom stereocenters. The Kier molecular flexibility index (Phi) is 3.45. The van der Waals surface area contributed by atoms with Crippen molar-refractivity contribution in [2.45, 2.75) is 6.54 Å². The van der Waals surface area contributed by atoms with Crippen molar-refractivity contribution >= 4 is 22.5 Å². The van der Waals surface area contributed by atoms with Gasteiger partial charge in [0.05, 0.1) is 12.0 Å². The van der Waals surface area contributed by atoms with Crippen molar-refractivity contribution in [2.24, 2.45) is 0 Å². The Labute approximate surface area is 122 Å². The molecule has 0 atom stereocenters. The van der Waals surface area contributed by atoms with Crippen molar-refractivity contribution in [3.63, 3.8) is 0 Å². The van der Waals surface area contributed by atoms with Gasteiger partial charge in [0.1, 0.15) is 17.8 Å². The van der Waals surface area contributed by atoms with Crippen molar-refractivity contribution in [3.05, 3.63) is 36.8 Å². The van der Waals surface area contributed by atoms with Crippen LogP contribution in [0.25, 0.3) is 22.2 Å². The number of nitrogens with zero attached hydrogens (tertiary/aromatic N) is 3. The van der Waals surface area contributed by atoms with E-state index in [9.17, 15) is 0 Å². The van der Waals surface area contributed by atoms with E-state index in [-0.39, 0.29) is 0 Å². The lowest BCUT2D eigenvalue weighted by atomic mass is 10.1. The minimum Gasteiger partial charge on any atom is -0.399 e. The van der Waals surface area contributed by atoms with Crippen LogP contribution in [0.3, 0.4) is 0 Å². The first-order valence-electron chi connectivity index (χ1n) is 6.65. The minimum atomic E-state index is 0.475. The molecule has 0 saturated heterocycles. The summed E-state index contributed by atoms with van der Waals surface area (Å²) in [5, 5.41) is 0.860. The van der Waals surface area contributed by atoms with Crippen LogP contribution in [0.2, 0.25) is 0 Å². The molecule has 0 spiro atoms. The Morgan fingerprint density at radius 1 is 1.14 bits per heavy atom. The Balaban J connectivity index is 2.19. The molecule has 0 aliphatic rings. The largest absolute Gasteiger partial charge is 0.399 e. The number of methoxy groups -OCH3 is 1.